The van der Waals surface area contributed by atoms with E-state index in [1.165, 1.54) is 11.1 Å². The van der Waals surface area contributed by atoms with Gasteiger partial charge in [0.1, 0.15) is 6.33 Å². The van der Waals surface area contributed by atoms with Gasteiger partial charge in [-0.1, -0.05) is 58.9 Å². The van der Waals surface area contributed by atoms with Gasteiger partial charge in [-0.15, -0.1) is 0 Å². The molecule has 0 fully saturated rings. The number of hydrogen-bond donors (Lipinski definition) is 2. The lowest BCUT2D eigenvalue weighted by molar-refractivity contribution is 0.436. The Labute approximate surface area is 190 Å². The molecule has 4 rings (SSSR count). The first-order valence-corrected chi connectivity index (χ1v) is 11.5. The third-order valence-electron chi connectivity index (χ3n) is 6.46. The van der Waals surface area contributed by atoms with Crippen LogP contribution in [0, 0.1) is 12.8 Å². The van der Waals surface area contributed by atoms with E-state index in [4.69, 9.17) is 10.8 Å². The van der Waals surface area contributed by atoms with Crippen molar-refractivity contribution in [3.63, 3.8) is 0 Å². The standard InChI is InChI=1S/C26H34N6/c1-15(2)22(27)12-17(5)19-7-9-20(10-8-19)24-23(16(3)4)25(31-30-24)21-11-18(6)26-28-14-29-32(26)13-21/h7-11,13-17,22H,12,27H2,1-6H3,(H,30,31)/t17-,22?/m1/s1. The van der Waals surface area contributed by atoms with E-state index in [2.05, 4.69) is 87.1 Å². The number of nitrogens with zero attached hydrogens (tertiary/aromatic N) is 4. The fourth-order valence-corrected chi connectivity index (χ4v) is 4.37. The molecule has 0 aliphatic heterocycles. The molecule has 0 bridgehead atoms. The Balaban J connectivity index is 1.68. The zero-order chi connectivity index (χ0) is 23.0. The van der Waals surface area contributed by atoms with Crippen LogP contribution in [-0.4, -0.2) is 30.8 Å². The first-order chi connectivity index (χ1) is 15.3. The summed E-state index contributed by atoms with van der Waals surface area (Å²) in [6.07, 6.45) is 4.58. The van der Waals surface area contributed by atoms with E-state index in [0.717, 1.165) is 40.1 Å². The molecule has 0 saturated carbocycles. The van der Waals surface area contributed by atoms with Gasteiger partial charge < -0.3 is 5.73 Å². The van der Waals surface area contributed by atoms with Gasteiger partial charge in [-0.2, -0.15) is 10.2 Å². The van der Waals surface area contributed by atoms with Crippen LogP contribution >= 0.6 is 0 Å². The summed E-state index contributed by atoms with van der Waals surface area (Å²) in [5.41, 5.74) is 15.0. The van der Waals surface area contributed by atoms with Crippen LogP contribution in [0.1, 0.15) is 69.6 Å². The van der Waals surface area contributed by atoms with E-state index < -0.39 is 0 Å². The molecule has 6 heteroatoms. The van der Waals surface area contributed by atoms with Crippen molar-refractivity contribution < 1.29 is 0 Å². The molecule has 0 aliphatic carbocycles. The van der Waals surface area contributed by atoms with E-state index in [1.54, 1.807) is 6.33 Å². The van der Waals surface area contributed by atoms with Crippen LogP contribution in [0.15, 0.2) is 42.9 Å². The van der Waals surface area contributed by atoms with Crippen LogP contribution in [-0.2, 0) is 0 Å². The third-order valence-corrected chi connectivity index (χ3v) is 6.46. The molecule has 0 radical (unpaired) electrons. The van der Waals surface area contributed by atoms with Crippen molar-refractivity contribution in [3.05, 3.63) is 59.5 Å². The molecule has 1 aromatic carbocycles. The van der Waals surface area contributed by atoms with Crippen molar-refractivity contribution in [2.75, 3.05) is 0 Å². The molecule has 168 valence electrons. The second-order valence-corrected chi connectivity index (χ2v) is 9.62. The monoisotopic (exact) mass is 430 g/mol. The Hall–Kier alpha value is -2.99. The first-order valence-electron chi connectivity index (χ1n) is 11.5. The van der Waals surface area contributed by atoms with Gasteiger partial charge in [0.2, 0.25) is 0 Å². The van der Waals surface area contributed by atoms with Crippen molar-refractivity contribution in [3.8, 4) is 22.5 Å². The molecule has 0 amide bonds. The highest BCUT2D eigenvalue weighted by molar-refractivity contribution is 5.75. The van der Waals surface area contributed by atoms with Crippen molar-refractivity contribution in [1.29, 1.82) is 0 Å². The number of hydrogen-bond acceptors (Lipinski definition) is 4. The molecular formula is C26H34N6. The van der Waals surface area contributed by atoms with Crippen molar-refractivity contribution in [1.82, 2.24) is 24.8 Å². The molecule has 0 aliphatic rings. The van der Waals surface area contributed by atoms with Gasteiger partial charge in [-0.05, 0) is 53.9 Å². The number of H-pyrrole nitrogens is 1. The molecule has 4 aromatic rings. The van der Waals surface area contributed by atoms with Gasteiger partial charge >= 0.3 is 0 Å². The summed E-state index contributed by atoms with van der Waals surface area (Å²) >= 11 is 0. The van der Waals surface area contributed by atoms with E-state index in [0.29, 0.717) is 17.8 Å². The highest BCUT2D eigenvalue weighted by Gasteiger charge is 2.21. The minimum Gasteiger partial charge on any atom is -0.327 e. The molecular weight excluding hydrogens is 396 g/mol. The normalized spacial score (nSPS) is 13.9. The summed E-state index contributed by atoms with van der Waals surface area (Å²) in [6.45, 7) is 13.1. The zero-order valence-corrected chi connectivity index (χ0v) is 19.9. The summed E-state index contributed by atoms with van der Waals surface area (Å²) in [7, 11) is 0. The molecule has 1 unspecified atom stereocenters. The lowest BCUT2D eigenvalue weighted by Crippen LogP contribution is -2.27. The van der Waals surface area contributed by atoms with Crippen LogP contribution in [0.5, 0.6) is 0 Å². The number of rotatable bonds is 7. The smallest absolute Gasteiger partial charge is 0.158 e. The zero-order valence-electron chi connectivity index (χ0n) is 19.9. The van der Waals surface area contributed by atoms with Gasteiger partial charge in [0, 0.05) is 23.4 Å². The fourth-order valence-electron chi connectivity index (χ4n) is 4.37. The Morgan fingerprint density at radius 1 is 1.03 bits per heavy atom. The van der Waals surface area contributed by atoms with Gasteiger partial charge in [0.05, 0.1) is 11.4 Å². The molecule has 3 aromatic heterocycles. The maximum atomic E-state index is 6.30. The molecule has 32 heavy (non-hydrogen) atoms. The average molecular weight is 431 g/mol. The van der Waals surface area contributed by atoms with Crippen LogP contribution in [0.4, 0.5) is 0 Å². The van der Waals surface area contributed by atoms with Gasteiger partial charge in [0.25, 0.3) is 0 Å². The third kappa shape index (κ3) is 4.19. The first kappa shape index (κ1) is 22.2. The second kappa shape index (κ2) is 8.87. The van der Waals surface area contributed by atoms with Crippen LogP contribution in [0.25, 0.3) is 28.2 Å². The minimum atomic E-state index is 0.221. The Morgan fingerprint density at radius 2 is 1.75 bits per heavy atom. The molecule has 3 N–H and O–H groups in total. The van der Waals surface area contributed by atoms with Crippen LogP contribution < -0.4 is 5.73 Å². The lowest BCUT2D eigenvalue weighted by atomic mass is 9.88. The SMILES string of the molecule is Cc1cc(-c2n[nH]c(-c3ccc([C@H](C)CC(N)C(C)C)cc3)c2C(C)C)cn2ncnc12. The predicted molar refractivity (Wildman–Crippen MR) is 131 cm³/mol. The van der Waals surface area contributed by atoms with Gasteiger partial charge in [-0.3, -0.25) is 5.10 Å². The van der Waals surface area contributed by atoms with Crippen molar-refractivity contribution in [2.24, 2.45) is 11.7 Å². The summed E-state index contributed by atoms with van der Waals surface area (Å²) in [6, 6.07) is 11.2. The fraction of sp³-hybridized carbons (Fsp3) is 0.423. The highest BCUT2D eigenvalue weighted by Crippen LogP contribution is 2.36. The summed E-state index contributed by atoms with van der Waals surface area (Å²) in [5.74, 6) is 1.24. The average Bonchev–Trinajstić information content (AvgIpc) is 3.41. The molecule has 2 atom stereocenters. The second-order valence-electron chi connectivity index (χ2n) is 9.62. The Bertz CT molecular complexity index is 1200. The largest absolute Gasteiger partial charge is 0.327 e. The van der Waals surface area contributed by atoms with Crippen LogP contribution in [0.3, 0.4) is 0 Å². The number of benzene rings is 1. The summed E-state index contributed by atoms with van der Waals surface area (Å²) in [5, 5.41) is 12.4. The van der Waals surface area contributed by atoms with Gasteiger partial charge in [-0.25, -0.2) is 9.50 Å². The quantitative estimate of drug-likeness (QED) is 0.394. The highest BCUT2D eigenvalue weighted by atomic mass is 15.3. The number of aromatic nitrogens is 5. The van der Waals surface area contributed by atoms with E-state index >= 15 is 0 Å². The number of aryl methyl sites for hydroxylation is 1. The molecule has 0 spiro atoms. The topological polar surface area (TPSA) is 84.9 Å². The minimum absolute atomic E-state index is 0.221. The van der Waals surface area contributed by atoms with Gasteiger partial charge in [0.15, 0.2) is 5.65 Å². The van der Waals surface area contributed by atoms with E-state index in [1.807, 2.05) is 10.7 Å². The summed E-state index contributed by atoms with van der Waals surface area (Å²) < 4.78 is 1.82. The molecule has 6 nitrogen and oxygen atoms in total. The lowest BCUT2D eigenvalue weighted by Gasteiger charge is -2.20. The molecule has 3 heterocycles. The number of aromatic amines is 1. The predicted octanol–water partition coefficient (Wildman–Crippen LogP) is 5.70. The van der Waals surface area contributed by atoms with Crippen molar-refractivity contribution in [2.45, 2.75) is 65.8 Å². The maximum Gasteiger partial charge on any atom is 0.158 e. The summed E-state index contributed by atoms with van der Waals surface area (Å²) in [4.78, 5) is 4.33. The Kier molecular flexibility index (Phi) is 6.15. The number of fused-ring (bicyclic) bond motifs is 1. The number of pyridine rings is 1. The molecule has 0 saturated heterocycles. The van der Waals surface area contributed by atoms with E-state index in [9.17, 15) is 0 Å². The number of nitrogens with two attached hydrogens (primary N) is 1. The van der Waals surface area contributed by atoms with E-state index in [-0.39, 0.29) is 6.04 Å². The maximum absolute atomic E-state index is 6.30. The Morgan fingerprint density at radius 3 is 2.41 bits per heavy atom. The van der Waals surface area contributed by atoms with Crippen molar-refractivity contribution >= 4 is 5.65 Å². The number of nitrogens with one attached hydrogen (secondary N) is 1. The van der Waals surface area contributed by atoms with Crippen LogP contribution in [0.2, 0.25) is 0 Å².